The Morgan fingerprint density at radius 3 is 2.75 bits per heavy atom. The molecule has 1 saturated heterocycles. The summed E-state index contributed by atoms with van der Waals surface area (Å²) in [6, 6.07) is 5.62. The number of hydrogen-bond donors (Lipinski definition) is 1. The quantitative estimate of drug-likeness (QED) is 0.900. The number of nitrogens with zero attached hydrogens (tertiary/aromatic N) is 1. The molecule has 1 unspecified atom stereocenters. The van der Waals surface area contributed by atoms with Crippen molar-refractivity contribution in [1.82, 2.24) is 4.31 Å². The van der Waals surface area contributed by atoms with E-state index >= 15 is 0 Å². The number of sulfonamides is 1. The Balaban J connectivity index is 2.41. The van der Waals surface area contributed by atoms with Gasteiger partial charge >= 0.3 is 0 Å². The van der Waals surface area contributed by atoms with E-state index in [-0.39, 0.29) is 6.04 Å². The summed E-state index contributed by atoms with van der Waals surface area (Å²) in [7, 11) is -1.74. The van der Waals surface area contributed by atoms with Gasteiger partial charge in [-0.2, -0.15) is 16.1 Å². The van der Waals surface area contributed by atoms with Gasteiger partial charge in [0.25, 0.3) is 0 Å². The van der Waals surface area contributed by atoms with Crippen molar-refractivity contribution in [2.24, 2.45) is 5.73 Å². The van der Waals surface area contributed by atoms with Gasteiger partial charge in [0.2, 0.25) is 10.0 Å². The summed E-state index contributed by atoms with van der Waals surface area (Å²) in [5.74, 6) is 1.92. The molecule has 1 aromatic rings. The minimum absolute atomic E-state index is 0.108. The van der Waals surface area contributed by atoms with Gasteiger partial charge in [0.05, 0.1) is 4.90 Å². The summed E-state index contributed by atoms with van der Waals surface area (Å²) in [6.45, 7) is 2.33. The van der Waals surface area contributed by atoms with Crippen molar-refractivity contribution < 1.29 is 8.42 Å². The second-order valence-electron chi connectivity index (χ2n) is 5.04. The van der Waals surface area contributed by atoms with Gasteiger partial charge in [0, 0.05) is 25.4 Å². The molecule has 20 heavy (non-hydrogen) atoms. The van der Waals surface area contributed by atoms with Gasteiger partial charge in [-0.25, -0.2) is 8.42 Å². The minimum atomic E-state index is -3.43. The third-order valence-corrected chi connectivity index (χ3v) is 6.96. The van der Waals surface area contributed by atoms with Crippen LogP contribution in [0.15, 0.2) is 23.1 Å². The van der Waals surface area contributed by atoms with Crippen LogP contribution < -0.4 is 5.73 Å². The lowest BCUT2D eigenvalue weighted by atomic mass is 10.1. The summed E-state index contributed by atoms with van der Waals surface area (Å²) >= 11 is 1.81. The Morgan fingerprint density at radius 1 is 1.45 bits per heavy atom. The van der Waals surface area contributed by atoms with Crippen LogP contribution in [0.25, 0.3) is 0 Å². The Hall–Kier alpha value is -0.560. The molecule has 6 heteroatoms. The summed E-state index contributed by atoms with van der Waals surface area (Å²) < 4.78 is 27.2. The maximum atomic E-state index is 12.8. The molecule has 4 nitrogen and oxygen atoms in total. The van der Waals surface area contributed by atoms with E-state index in [1.165, 1.54) is 0 Å². The smallest absolute Gasteiger partial charge is 0.243 e. The van der Waals surface area contributed by atoms with E-state index < -0.39 is 10.0 Å². The highest BCUT2D eigenvalue weighted by molar-refractivity contribution is 7.99. The highest BCUT2D eigenvalue weighted by Crippen LogP contribution is 2.28. The standard InChI is InChI=1S/C14H22N2O2S2/c1-3-12-5-4-11(9-15)8-14(12)20(17,18)16(2)13-6-7-19-10-13/h4-5,8,13H,3,6-7,9-10,15H2,1-2H3. The molecule has 0 saturated carbocycles. The Morgan fingerprint density at radius 2 is 2.20 bits per heavy atom. The van der Waals surface area contributed by atoms with Crippen LogP contribution >= 0.6 is 11.8 Å². The topological polar surface area (TPSA) is 63.4 Å². The molecule has 0 aromatic heterocycles. The summed E-state index contributed by atoms with van der Waals surface area (Å²) in [6.07, 6.45) is 1.63. The maximum absolute atomic E-state index is 12.8. The number of aryl methyl sites for hydroxylation is 1. The molecule has 1 atom stereocenters. The van der Waals surface area contributed by atoms with Crippen LogP contribution in [0.5, 0.6) is 0 Å². The fourth-order valence-corrected chi connectivity index (χ4v) is 5.51. The molecule has 1 aliphatic heterocycles. The fourth-order valence-electron chi connectivity index (χ4n) is 2.42. The minimum Gasteiger partial charge on any atom is -0.326 e. The Kier molecular flexibility index (Phi) is 5.12. The maximum Gasteiger partial charge on any atom is 0.243 e. The first-order valence-corrected chi connectivity index (χ1v) is 9.47. The second kappa shape index (κ2) is 6.47. The highest BCUT2D eigenvalue weighted by Gasteiger charge is 2.31. The van der Waals surface area contributed by atoms with Crippen molar-refractivity contribution in [1.29, 1.82) is 0 Å². The molecule has 112 valence electrons. The molecule has 2 rings (SSSR count). The van der Waals surface area contributed by atoms with E-state index in [0.29, 0.717) is 17.9 Å². The van der Waals surface area contributed by atoms with Crippen LogP contribution in [-0.2, 0) is 23.0 Å². The van der Waals surface area contributed by atoms with Crippen LogP contribution in [-0.4, -0.2) is 37.3 Å². The number of hydrogen-bond acceptors (Lipinski definition) is 4. The van der Waals surface area contributed by atoms with Crippen LogP contribution in [0.2, 0.25) is 0 Å². The van der Waals surface area contributed by atoms with Gasteiger partial charge in [-0.1, -0.05) is 19.1 Å². The third kappa shape index (κ3) is 3.03. The molecule has 2 N–H and O–H groups in total. The summed E-state index contributed by atoms with van der Waals surface area (Å²) in [5, 5.41) is 0. The van der Waals surface area contributed by atoms with E-state index in [9.17, 15) is 8.42 Å². The Labute approximate surface area is 125 Å². The molecular weight excluding hydrogens is 292 g/mol. The molecule has 0 amide bonds. The Bertz CT molecular complexity index is 567. The lowest BCUT2D eigenvalue weighted by molar-refractivity contribution is 0.394. The van der Waals surface area contributed by atoms with E-state index in [0.717, 1.165) is 29.1 Å². The van der Waals surface area contributed by atoms with Crippen molar-refractivity contribution in [3.63, 3.8) is 0 Å². The first-order chi connectivity index (χ1) is 9.50. The average molecular weight is 314 g/mol. The van der Waals surface area contributed by atoms with Gasteiger partial charge in [0.15, 0.2) is 0 Å². The van der Waals surface area contributed by atoms with Gasteiger partial charge < -0.3 is 5.73 Å². The largest absolute Gasteiger partial charge is 0.326 e. The first kappa shape index (κ1) is 15.8. The fraction of sp³-hybridized carbons (Fsp3) is 0.571. The predicted molar refractivity (Wildman–Crippen MR) is 84.4 cm³/mol. The molecule has 0 spiro atoms. The van der Waals surface area contributed by atoms with Gasteiger partial charge in [-0.05, 0) is 35.8 Å². The molecule has 1 aromatic carbocycles. The predicted octanol–water partition coefficient (Wildman–Crippen LogP) is 1.83. The van der Waals surface area contributed by atoms with Crippen LogP contribution in [0.1, 0.15) is 24.5 Å². The van der Waals surface area contributed by atoms with Crippen molar-refractivity contribution in [3.05, 3.63) is 29.3 Å². The van der Waals surface area contributed by atoms with Crippen LogP contribution in [0.3, 0.4) is 0 Å². The highest BCUT2D eigenvalue weighted by atomic mass is 32.2. The zero-order chi connectivity index (χ0) is 14.8. The van der Waals surface area contributed by atoms with Gasteiger partial charge in [-0.3, -0.25) is 0 Å². The van der Waals surface area contributed by atoms with Crippen molar-refractivity contribution in [2.45, 2.75) is 37.2 Å². The number of rotatable bonds is 5. The van der Waals surface area contributed by atoms with E-state index in [1.54, 1.807) is 17.4 Å². The monoisotopic (exact) mass is 314 g/mol. The average Bonchev–Trinajstić information content (AvgIpc) is 2.99. The lowest BCUT2D eigenvalue weighted by Gasteiger charge is -2.24. The summed E-state index contributed by atoms with van der Waals surface area (Å²) in [5.41, 5.74) is 7.36. The number of nitrogens with two attached hydrogens (primary N) is 1. The SMILES string of the molecule is CCc1ccc(CN)cc1S(=O)(=O)N(C)C1CCSC1. The van der Waals surface area contributed by atoms with Crippen LogP contribution in [0.4, 0.5) is 0 Å². The normalized spacial score (nSPS) is 19.7. The molecule has 0 bridgehead atoms. The van der Waals surface area contributed by atoms with E-state index in [1.807, 2.05) is 30.8 Å². The number of benzene rings is 1. The summed E-state index contributed by atoms with van der Waals surface area (Å²) in [4.78, 5) is 0.419. The van der Waals surface area contributed by atoms with Crippen molar-refractivity contribution in [2.75, 3.05) is 18.6 Å². The molecule has 1 heterocycles. The molecule has 0 radical (unpaired) electrons. The second-order valence-corrected chi connectivity index (χ2v) is 8.15. The third-order valence-electron chi connectivity index (χ3n) is 3.83. The first-order valence-electron chi connectivity index (χ1n) is 6.88. The molecule has 0 aliphatic carbocycles. The zero-order valence-corrected chi connectivity index (χ0v) is 13.6. The lowest BCUT2D eigenvalue weighted by Crippen LogP contribution is -2.37. The van der Waals surface area contributed by atoms with Gasteiger partial charge in [-0.15, -0.1) is 0 Å². The van der Waals surface area contributed by atoms with Gasteiger partial charge in [0.1, 0.15) is 0 Å². The van der Waals surface area contributed by atoms with Crippen molar-refractivity contribution >= 4 is 21.8 Å². The van der Waals surface area contributed by atoms with E-state index in [2.05, 4.69) is 0 Å². The molecule has 1 aliphatic rings. The molecular formula is C14H22N2O2S2. The van der Waals surface area contributed by atoms with Crippen LogP contribution in [0, 0.1) is 0 Å². The van der Waals surface area contributed by atoms with E-state index in [4.69, 9.17) is 5.73 Å². The van der Waals surface area contributed by atoms with Crippen molar-refractivity contribution in [3.8, 4) is 0 Å². The molecule has 1 fully saturated rings. The number of thioether (sulfide) groups is 1. The zero-order valence-electron chi connectivity index (χ0n) is 12.0.